The zero-order chi connectivity index (χ0) is 14.1. The first kappa shape index (κ1) is 12.3. The minimum atomic E-state index is 1.05. The van der Waals surface area contributed by atoms with Crippen LogP contribution in [0, 0.1) is 0 Å². The van der Waals surface area contributed by atoms with Crippen LogP contribution in [-0.2, 0) is 13.1 Å². The van der Waals surface area contributed by atoms with E-state index in [0.717, 1.165) is 19.5 Å². The summed E-state index contributed by atoms with van der Waals surface area (Å²) in [4.78, 5) is 0. The van der Waals surface area contributed by atoms with Crippen LogP contribution in [0.3, 0.4) is 0 Å². The second-order valence-electron chi connectivity index (χ2n) is 5.46. The van der Waals surface area contributed by atoms with Crippen molar-refractivity contribution in [3.8, 4) is 0 Å². The van der Waals surface area contributed by atoms with Crippen LogP contribution >= 0.6 is 0 Å². The van der Waals surface area contributed by atoms with E-state index >= 15 is 0 Å². The van der Waals surface area contributed by atoms with Crippen molar-refractivity contribution in [2.24, 2.45) is 0 Å². The third kappa shape index (κ3) is 2.13. The molecule has 4 aromatic rings. The van der Waals surface area contributed by atoms with Crippen molar-refractivity contribution < 1.29 is 0 Å². The van der Waals surface area contributed by atoms with Gasteiger partial charge < -0.3 is 9.13 Å². The lowest BCUT2D eigenvalue weighted by Crippen LogP contribution is -2.02. The van der Waals surface area contributed by atoms with Crippen molar-refractivity contribution in [2.75, 3.05) is 0 Å². The molecule has 2 heteroatoms. The summed E-state index contributed by atoms with van der Waals surface area (Å²) in [6.07, 6.45) is 5.40. The van der Waals surface area contributed by atoms with Gasteiger partial charge in [-0.3, -0.25) is 0 Å². The smallest absolute Gasteiger partial charge is 0.0491 e. The number of aromatic nitrogens is 2. The van der Waals surface area contributed by atoms with Gasteiger partial charge in [0.2, 0.25) is 0 Å². The molecule has 0 aliphatic carbocycles. The van der Waals surface area contributed by atoms with Gasteiger partial charge in [0.1, 0.15) is 0 Å². The maximum Gasteiger partial charge on any atom is 0.0491 e. The molecule has 0 bridgehead atoms. The van der Waals surface area contributed by atoms with Crippen molar-refractivity contribution in [3.63, 3.8) is 0 Å². The van der Waals surface area contributed by atoms with Gasteiger partial charge in [-0.1, -0.05) is 36.4 Å². The van der Waals surface area contributed by atoms with E-state index in [-0.39, 0.29) is 0 Å². The van der Waals surface area contributed by atoms with Crippen LogP contribution in [0.5, 0.6) is 0 Å². The summed E-state index contributed by atoms with van der Waals surface area (Å²) in [6, 6.07) is 21.6. The molecule has 2 aromatic carbocycles. The third-order valence-electron chi connectivity index (χ3n) is 4.14. The Morgan fingerprint density at radius 3 is 1.81 bits per heavy atom. The number of para-hydroxylation sites is 2. The Hall–Kier alpha value is -2.48. The van der Waals surface area contributed by atoms with E-state index in [9.17, 15) is 0 Å². The van der Waals surface area contributed by atoms with Crippen LogP contribution in [0.1, 0.15) is 6.42 Å². The number of benzene rings is 2. The lowest BCUT2D eigenvalue weighted by molar-refractivity contribution is 0.583. The molecule has 4 rings (SSSR count). The van der Waals surface area contributed by atoms with Gasteiger partial charge >= 0.3 is 0 Å². The fraction of sp³-hybridized carbons (Fsp3) is 0.158. The maximum atomic E-state index is 2.45. The molecule has 2 aromatic heterocycles. The van der Waals surface area contributed by atoms with E-state index < -0.39 is 0 Å². The SMILES string of the molecule is c1ccc2c(c1)c1ccccc1n2CCCn1cccc1. The fourth-order valence-corrected chi connectivity index (χ4v) is 3.17. The van der Waals surface area contributed by atoms with Crippen LogP contribution in [0.25, 0.3) is 21.8 Å². The summed E-state index contributed by atoms with van der Waals surface area (Å²) in [7, 11) is 0. The molecular formula is C19H18N2. The third-order valence-corrected chi connectivity index (χ3v) is 4.14. The second kappa shape index (κ2) is 5.13. The Labute approximate surface area is 124 Å². The number of aryl methyl sites for hydroxylation is 2. The van der Waals surface area contributed by atoms with E-state index in [4.69, 9.17) is 0 Å². The first-order valence-electron chi connectivity index (χ1n) is 7.50. The van der Waals surface area contributed by atoms with Gasteiger partial charge in [0.25, 0.3) is 0 Å². The Morgan fingerprint density at radius 2 is 1.19 bits per heavy atom. The van der Waals surface area contributed by atoms with E-state index in [0.29, 0.717) is 0 Å². The maximum absolute atomic E-state index is 2.45. The number of hydrogen-bond acceptors (Lipinski definition) is 0. The summed E-state index contributed by atoms with van der Waals surface area (Å²) in [5.41, 5.74) is 2.68. The predicted octanol–water partition coefficient (Wildman–Crippen LogP) is 4.69. The average molecular weight is 274 g/mol. The van der Waals surface area contributed by atoms with Gasteiger partial charge in [0.05, 0.1) is 0 Å². The molecule has 2 nitrogen and oxygen atoms in total. The van der Waals surface area contributed by atoms with E-state index in [1.54, 1.807) is 0 Å². The second-order valence-corrected chi connectivity index (χ2v) is 5.46. The highest BCUT2D eigenvalue weighted by atomic mass is 15.0. The summed E-state index contributed by atoms with van der Waals surface area (Å²) in [5, 5.41) is 2.71. The molecule has 0 aliphatic heterocycles. The summed E-state index contributed by atoms with van der Waals surface area (Å²) < 4.78 is 4.70. The minimum Gasteiger partial charge on any atom is -0.354 e. The lowest BCUT2D eigenvalue weighted by atomic mass is 10.2. The molecule has 0 amide bonds. The first-order chi connectivity index (χ1) is 10.4. The van der Waals surface area contributed by atoms with E-state index in [2.05, 4.69) is 82.2 Å². The lowest BCUT2D eigenvalue weighted by Gasteiger charge is -2.08. The van der Waals surface area contributed by atoms with Crippen LogP contribution in [-0.4, -0.2) is 9.13 Å². The van der Waals surface area contributed by atoms with Crippen LogP contribution in [0.4, 0.5) is 0 Å². The zero-order valence-corrected chi connectivity index (χ0v) is 11.9. The first-order valence-corrected chi connectivity index (χ1v) is 7.50. The van der Waals surface area contributed by atoms with Crippen LogP contribution in [0.2, 0.25) is 0 Å². The van der Waals surface area contributed by atoms with Gasteiger partial charge in [-0.15, -0.1) is 0 Å². The van der Waals surface area contributed by atoms with E-state index in [1.807, 2.05) is 0 Å². The highest BCUT2D eigenvalue weighted by Crippen LogP contribution is 2.28. The Kier molecular flexibility index (Phi) is 3.00. The van der Waals surface area contributed by atoms with Crippen LogP contribution < -0.4 is 0 Å². The molecular weight excluding hydrogens is 256 g/mol. The van der Waals surface area contributed by atoms with Crippen molar-refractivity contribution in [1.82, 2.24) is 9.13 Å². The van der Waals surface area contributed by atoms with Gasteiger partial charge in [-0.25, -0.2) is 0 Å². The van der Waals surface area contributed by atoms with Crippen molar-refractivity contribution >= 4 is 21.8 Å². The monoisotopic (exact) mass is 274 g/mol. The van der Waals surface area contributed by atoms with Crippen LogP contribution in [0.15, 0.2) is 73.1 Å². The molecule has 0 saturated heterocycles. The zero-order valence-electron chi connectivity index (χ0n) is 11.9. The Morgan fingerprint density at radius 1 is 0.619 bits per heavy atom. The largest absolute Gasteiger partial charge is 0.354 e. The van der Waals surface area contributed by atoms with Crippen molar-refractivity contribution in [2.45, 2.75) is 19.5 Å². The molecule has 0 N–H and O–H groups in total. The molecule has 0 unspecified atom stereocenters. The summed E-state index contributed by atoms with van der Waals surface area (Å²) >= 11 is 0. The Bertz CT molecular complexity index is 816. The molecule has 0 atom stereocenters. The Balaban J connectivity index is 1.72. The number of rotatable bonds is 4. The number of hydrogen-bond donors (Lipinski definition) is 0. The standard InChI is InChI=1S/C19H18N2/c1-3-10-18-16(8-1)17-9-2-4-11-19(17)21(18)15-7-14-20-12-5-6-13-20/h1-6,8-13H,7,14-15H2. The predicted molar refractivity (Wildman–Crippen MR) is 88.5 cm³/mol. The highest BCUT2D eigenvalue weighted by Gasteiger charge is 2.08. The van der Waals surface area contributed by atoms with Gasteiger partial charge in [-0.05, 0) is 30.7 Å². The normalized spacial score (nSPS) is 11.4. The summed E-state index contributed by atoms with van der Waals surface area (Å²) in [5.74, 6) is 0. The van der Waals surface area contributed by atoms with Gasteiger partial charge in [-0.2, -0.15) is 0 Å². The molecule has 0 saturated carbocycles. The molecule has 21 heavy (non-hydrogen) atoms. The minimum absolute atomic E-state index is 1.05. The van der Waals surface area contributed by atoms with Crippen molar-refractivity contribution in [3.05, 3.63) is 73.1 Å². The topological polar surface area (TPSA) is 9.86 Å². The van der Waals surface area contributed by atoms with Gasteiger partial charge in [0.15, 0.2) is 0 Å². The van der Waals surface area contributed by atoms with Crippen molar-refractivity contribution in [1.29, 1.82) is 0 Å². The highest BCUT2D eigenvalue weighted by molar-refractivity contribution is 6.07. The molecule has 0 fully saturated rings. The molecule has 0 spiro atoms. The van der Waals surface area contributed by atoms with E-state index in [1.165, 1.54) is 21.8 Å². The molecule has 104 valence electrons. The van der Waals surface area contributed by atoms with Gasteiger partial charge in [0, 0.05) is 47.3 Å². The quantitative estimate of drug-likeness (QED) is 0.511. The average Bonchev–Trinajstić information content (AvgIpc) is 3.15. The fourth-order valence-electron chi connectivity index (χ4n) is 3.17. The summed E-state index contributed by atoms with van der Waals surface area (Å²) in [6.45, 7) is 2.11. The number of fused-ring (bicyclic) bond motifs is 3. The molecule has 2 heterocycles. The molecule has 0 radical (unpaired) electrons. The molecule has 0 aliphatic rings. The number of nitrogens with zero attached hydrogens (tertiary/aromatic N) is 2.